The summed E-state index contributed by atoms with van der Waals surface area (Å²) < 4.78 is 6.87. The van der Waals surface area contributed by atoms with Gasteiger partial charge in [-0.05, 0) is 24.3 Å². The molecule has 0 unspecified atom stereocenters. The third-order valence-electron chi connectivity index (χ3n) is 2.66. The number of aromatic nitrogens is 2. The van der Waals surface area contributed by atoms with Crippen LogP contribution in [0.25, 0.3) is 11.4 Å². The van der Waals surface area contributed by atoms with Gasteiger partial charge in [-0.3, -0.25) is 0 Å². The quantitative estimate of drug-likeness (QED) is 0.911. The number of aliphatic hydroxyl groups excluding tert-OH is 1. The molecule has 0 spiro atoms. The van der Waals surface area contributed by atoms with Gasteiger partial charge in [0, 0.05) is 12.6 Å². The molecule has 0 radical (unpaired) electrons. The predicted octanol–water partition coefficient (Wildman–Crippen LogP) is 2.24. The minimum absolute atomic E-state index is 0.126. The van der Waals surface area contributed by atoms with Crippen LogP contribution in [0.4, 0.5) is 0 Å². The van der Waals surface area contributed by atoms with Crippen LogP contribution in [0, 0.1) is 0 Å². The largest absolute Gasteiger partial charge is 0.497 e. The summed E-state index contributed by atoms with van der Waals surface area (Å²) in [6.45, 7) is -0.126. The van der Waals surface area contributed by atoms with Gasteiger partial charge in [-0.25, -0.2) is 4.98 Å². The molecule has 0 saturated carbocycles. The Morgan fingerprint density at radius 3 is 2.47 bits per heavy atom. The highest BCUT2D eigenvalue weighted by molar-refractivity contribution is 6.30. The molecule has 5 heteroatoms. The van der Waals surface area contributed by atoms with Gasteiger partial charge in [-0.1, -0.05) is 11.6 Å². The van der Waals surface area contributed by atoms with E-state index in [1.807, 2.05) is 31.3 Å². The van der Waals surface area contributed by atoms with Crippen molar-refractivity contribution in [2.75, 3.05) is 7.11 Å². The second kappa shape index (κ2) is 4.77. The zero-order chi connectivity index (χ0) is 12.4. The summed E-state index contributed by atoms with van der Waals surface area (Å²) >= 11 is 5.94. The molecule has 90 valence electrons. The zero-order valence-electron chi connectivity index (χ0n) is 9.64. The molecule has 0 saturated heterocycles. The molecule has 0 atom stereocenters. The highest BCUT2D eigenvalue weighted by Crippen LogP contribution is 2.25. The number of imidazole rings is 1. The maximum Gasteiger partial charge on any atom is 0.153 e. The number of nitrogens with zero attached hydrogens (tertiary/aromatic N) is 2. The Bertz CT molecular complexity index is 520. The van der Waals surface area contributed by atoms with Gasteiger partial charge in [0.05, 0.1) is 19.4 Å². The van der Waals surface area contributed by atoms with Crippen LogP contribution in [-0.4, -0.2) is 21.8 Å². The number of hydrogen-bond acceptors (Lipinski definition) is 3. The third kappa shape index (κ3) is 2.14. The number of halogens is 1. The fourth-order valence-corrected chi connectivity index (χ4v) is 1.93. The van der Waals surface area contributed by atoms with Crippen molar-refractivity contribution in [3.05, 3.63) is 35.1 Å². The first kappa shape index (κ1) is 12.0. The second-order valence-corrected chi connectivity index (χ2v) is 3.98. The molecular weight excluding hydrogens is 240 g/mol. The molecule has 0 fully saturated rings. The molecule has 17 heavy (non-hydrogen) atoms. The molecule has 1 aromatic heterocycles. The molecular formula is C12H13ClN2O2. The van der Waals surface area contributed by atoms with Crippen molar-refractivity contribution < 1.29 is 9.84 Å². The fourth-order valence-electron chi connectivity index (χ4n) is 1.67. The highest BCUT2D eigenvalue weighted by Gasteiger charge is 2.13. The average molecular weight is 253 g/mol. The van der Waals surface area contributed by atoms with Gasteiger partial charge in [-0.15, -0.1) is 0 Å². The predicted molar refractivity (Wildman–Crippen MR) is 66.1 cm³/mol. The summed E-state index contributed by atoms with van der Waals surface area (Å²) in [4.78, 5) is 4.23. The molecule has 0 bridgehead atoms. The Morgan fingerprint density at radius 2 is 2.00 bits per heavy atom. The molecule has 1 N–H and O–H groups in total. The Hall–Kier alpha value is -1.52. The molecule has 0 aliphatic carbocycles. The van der Waals surface area contributed by atoms with E-state index in [9.17, 15) is 5.11 Å². The van der Waals surface area contributed by atoms with Crippen LogP contribution in [0.15, 0.2) is 24.3 Å². The molecule has 0 amide bonds. The van der Waals surface area contributed by atoms with Crippen molar-refractivity contribution in [1.82, 2.24) is 9.55 Å². The lowest BCUT2D eigenvalue weighted by atomic mass is 10.2. The van der Waals surface area contributed by atoms with Crippen molar-refractivity contribution in [2.45, 2.75) is 6.61 Å². The van der Waals surface area contributed by atoms with E-state index in [1.165, 1.54) is 0 Å². The van der Waals surface area contributed by atoms with Gasteiger partial charge in [0.1, 0.15) is 11.6 Å². The van der Waals surface area contributed by atoms with Gasteiger partial charge >= 0.3 is 0 Å². The van der Waals surface area contributed by atoms with Crippen molar-refractivity contribution in [3.63, 3.8) is 0 Å². The Kier molecular flexibility index (Phi) is 3.36. The van der Waals surface area contributed by atoms with Crippen LogP contribution in [0.5, 0.6) is 5.75 Å². The molecule has 0 aliphatic rings. The van der Waals surface area contributed by atoms with E-state index in [0.717, 1.165) is 17.1 Å². The highest BCUT2D eigenvalue weighted by atomic mass is 35.5. The summed E-state index contributed by atoms with van der Waals surface area (Å²) in [5, 5.41) is 9.51. The van der Waals surface area contributed by atoms with Crippen molar-refractivity contribution in [1.29, 1.82) is 0 Å². The van der Waals surface area contributed by atoms with Crippen LogP contribution >= 0.6 is 11.6 Å². The Morgan fingerprint density at radius 1 is 1.35 bits per heavy atom. The monoisotopic (exact) mass is 252 g/mol. The standard InChI is InChI=1S/C12H13ClN2O2/c1-15-10(7-16)11(13)14-12(15)8-3-5-9(17-2)6-4-8/h3-6,16H,7H2,1-2H3. The smallest absolute Gasteiger partial charge is 0.153 e. The number of rotatable bonds is 3. The Balaban J connectivity index is 2.45. The van der Waals surface area contributed by atoms with Gasteiger partial charge in [0.15, 0.2) is 5.15 Å². The van der Waals surface area contributed by atoms with Crippen molar-refractivity contribution in [2.24, 2.45) is 7.05 Å². The number of hydrogen-bond donors (Lipinski definition) is 1. The maximum absolute atomic E-state index is 9.18. The average Bonchev–Trinajstić information content (AvgIpc) is 2.64. The maximum atomic E-state index is 9.18. The van der Waals surface area contributed by atoms with E-state index in [-0.39, 0.29) is 6.61 Å². The second-order valence-electron chi connectivity index (χ2n) is 3.62. The number of aliphatic hydroxyl groups is 1. The van der Waals surface area contributed by atoms with E-state index in [1.54, 1.807) is 11.7 Å². The first-order valence-corrected chi connectivity index (χ1v) is 5.51. The summed E-state index contributed by atoms with van der Waals surface area (Å²) in [5.41, 5.74) is 1.53. The number of methoxy groups -OCH3 is 1. The topological polar surface area (TPSA) is 47.3 Å². The van der Waals surface area contributed by atoms with E-state index < -0.39 is 0 Å². The van der Waals surface area contributed by atoms with E-state index >= 15 is 0 Å². The first-order valence-electron chi connectivity index (χ1n) is 5.13. The Labute approximate surface area is 104 Å². The van der Waals surface area contributed by atoms with Crippen molar-refractivity contribution in [3.8, 4) is 17.1 Å². The van der Waals surface area contributed by atoms with Crippen LogP contribution < -0.4 is 4.74 Å². The minimum atomic E-state index is -0.126. The number of benzene rings is 1. The summed E-state index contributed by atoms with van der Waals surface area (Å²) in [6.07, 6.45) is 0. The normalized spacial score (nSPS) is 10.6. The van der Waals surface area contributed by atoms with Crippen LogP contribution in [0.2, 0.25) is 5.15 Å². The SMILES string of the molecule is COc1ccc(-c2nc(Cl)c(CO)n2C)cc1. The molecule has 0 aliphatic heterocycles. The van der Waals surface area contributed by atoms with Crippen LogP contribution in [0.1, 0.15) is 5.69 Å². The molecule has 2 aromatic rings. The molecule has 1 heterocycles. The lowest BCUT2D eigenvalue weighted by Crippen LogP contribution is -1.98. The zero-order valence-corrected chi connectivity index (χ0v) is 10.4. The summed E-state index contributed by atoms with van der Waals surface area (Å²) in [7, 11) is 3.44. The molecule has 2 rings (SSSR count). The van der Waals surface area contributed by atoms with Gasteiger partial charge in [-0.2, -0.15) is 0 Å². The summed E-state index contributed by atoms with van der Waals surface area (Å²) in [6, 6.07) is 7.52. The van der Waals surface area contributed by atoms with Crippen LogP contribution in [0.3, 0.4) is 0 Å². The van der Waals surface area contributed by atoms with Gasteiger partial charge < -0.3 is 14.4 Å². The van der Waals surface area contributed by atoms with E-state index in [2.05, 4.69) is 4.98 Å². The third-order valence-corrected chi connectivity index (χ3v) is 2.97. The van der Waals surface area contributed by atoms with E-state index in [4.69, 9.17) is 16.3 Å². The first-order chi connectivity index (χ1) is 8.17. The van der Waals surface area contributed by atoms with Crippen molar-refractivity contribution >= 4 is 11.6 Å². The lowest BCUT2D eigenvalue weighted by molar-refractivity contribution is 0.273. The fraction of sp³-hybridized carbons (Fsp3) is 0.250. The van der Waals surface area contributed by atoms with Gasteiger partial charge in [0.2, 0.25) is 0 Å². The van der Waals surface area contributed by atoms with Gasteiger partial charge in [0.25, 0.3) is 0 Å². The van der Waals surface area contributed by atoms with E-state index in [0.29, 0.717) is 10.8 Å². The van der Waals surface area contributed by atoms with Crippen LogP contribution in [-0.2, 0) is 13.7 Å². The molecule has 4 nitrogen and oxygen atoms in total. The summed E-state index contributed by atoms with van der Waals surface area (Å²) in [5.74, 6) is 1.51. The molecule has 1 aromatic carbocycles. The minimum Gasteiger partial charge on any atom is -0.497 e. The lowest BCUT2D eigenvalue weighted by Gasteiger charge is -2.05. The number of ether oxygens (including phenoxy) is 1.